The van der Waals surface area contributed by atoms with Crippen LogP contribution in [0.5, 0.6) is 0 Å². The molecule has 3 nitrogen and oxygen atoms in total. The van der Waals surface area contributed by atoms with Crippen LogP contribution in [0.15, 0.2) is 30.6 Å². The number of anilines is 2. The van der Waals surface area contributed by atoms with Crippen LogP contribution < -0.4 is 10.6 Å². The molecule has 0 amide bonds. The number of fused-ring (bicyclic) bond motifs is 1. The molecule has 18 heavy (non-hydrogen) atoms. The fourth-order valence-electron chi connectivity index (χ4n) is 2.34. The van der Waals surface area contributed by atoms with Crippen molar-refractivity contribution in [2.45, 2.75) is 33.2 Å². The maximum Gasteiger partial charge on any atom is 0.0450 e. The SMILES string of the molecule is CCCN(c1ccc(N)c2cnccc12)C(C)C. The van der Waals surface area contributed by atoms with Crippen molar-refractivity contribution in [2.75, 3.05) is 17.2 Å². The van der Waals surface area contributed by atoms with Crippen molar-refractivity contribution < 1.29 is 0 Å². The minimum Gasteiger partial charge on any atom is -0.398 e. The predicted octanol–water partition coefficient (Wildman–Crippen LogP) is 3.44. The Bertz CT molecular complexity index is 534. The van der Waals surface area contributed by atoms with Gasteiger partial charge in [0.1, 0.15) is 0 Å². The van der Waals surface area contributed by atoms with Gasteiger partial charge in [0.05, 0.1) is 0 Å². The highest BCUT2D eigenvalue weighted by Gasteiger charge is 2.13. The number of nitrogen functional groups attached to an aromatic ring is 1. The maximum absolute atomic E-state index is 6.02. The maximum atomic E-state index is 6.02. The molecule has 2 rings (SSSR count). The van der Waals surface area contributed by atoms with Crippen molar-refractivity contribution in [3.05, 3.63) is 30.6 Å². The first kappa shape index (κ1) is 12.7. The Hall–Kier alpha value is -1.77. The van der Waals surface area contributed by atoms with Gasteiger partial charge in [-0.2, -0.15) is 0 Å². The Kier molecular flexibility index (Phi) is 3.70. The van der Waals surface area contributed by atoms with Gasteiger partial charge in [0.2, 0.25) is 0 Å². The third-order valence-corrected chi connectivity index (χ3v) is 3.23. The van der Waals surface area contributed by atoms with Gasteiger partial charge in [-0.05, 0) is 38.5 Å². The first-order valence-corrected chi connectivity index (χ1v) is 6.54. The van der Waals surface area contributed by atoms with E-state index in [0.717, 1.165) is 24.0 Å². The molecule has 0 fully saturated rings. The number of nitrogens with two attached hydrogens (primary N) is 1. The van der Waals surface area contributed by atoms with Crippen LogP contribution in [0.2, 0.25) is 0 Å². The van der Waals surface area contributed by atoms with Gasteiger partial charge in [0, 0.05) is 47.1 Å². The highest BCUT2D eigenvalue weighted by molar-refractivity contribution is 6.00. The Labute approximate surface area is 109 Å². The second-order valence-electron chi connectivity index (χ2n) is 4.88. The summed E-state index contributed by atoms with van der Waals surface area (Å²) in [5.74, 6) is 0. The number of aromatic nitrogens is 1. The van der Waals surface area contributed by atoms with E-state index in [-0.39, 0.29) is 0 Å². The summed E-state index contributed by atoms with van der Waals surface area (Å²) in [6.45, 7) is 7.70. The van der Waals surface area contributed by atoms with Crippen molar-refractivity contribution in [3.8, 4) is 0 Å². The van der Waals surface area contributed by atoms with Crippen molar-refractivity contribution in [1.29, 1.82) is 0 Å². The Morgan fingerprint density at radius 1 is 1.22 bits per heavy atom. The molecule has 1 aromatic heterocycles. The molecular weight excluding hydrogens is 222 g/mol. The minimum absolute atomic E-state index is 0.477. The molecule has 1 heterocycles. The average Bonchev–Trinajstić information content (AvgIpc) is 2.37. The van der Waals surface area contributed by atoms with Gasteiger partial charge >= 0.3 is 0 Å². The van der Waals surface area contributed by atoms with Gasteiger partial charge in [-0.25, -0.2) is 0 Å². The molecule has 0 saturated heterocycles. The first-order valence-electron chi connectivity index (χ1n) is 6.54. The largest absolute Gasteiger partial charge is 0.398 e. The van der Waals surface area contributed by atoms with Gasteiger partial charge in [0.25, 0.3) is 0 Å². The summed E-state index contributed by atoms with van der Waals surface area (Å²) in [4.78, 5) is 6.58. The van der Waals surface area contributed by atoms with Crippen molar-refractivity contribution in [1.82, 2.24) is 4.98 Å². The first-order chi connectivity index (χ1) is 8.65. The summed E-state index contributed by atoms with van der Waals surface area (Å²) in [5.41, 5.74) is 8.06. The van der Waals surface area contributed by atoms with Crippen LogP contribution in [0.25, 0.3) is 10.8 Å². The van der Waals surface area contributed by atoms with Crippen LogP contribution in [-0.2, 0) is 0 Å². The van der Waals surface area contributed by atoms with Gasteiger partial charge in [-0.1, -0.05) is 6.92 Å². The van der Waals surface area contributed by atoms with E-state index < -0.39 is 0 Å². The normalized spacial score (nSPS) is 11.1. The predicted molar refractivity (Wildman–Crippen MR) is 78.9 cm³/mol. The Morgan fingerprint density at radius 2 is 2.00 bits per heavy atom. The molecule has 0 unspecified atom stereocenters. The van der Waals surface area contributed by atoms with E-state index in [0.29, 0.717) is 6.04 Å². The topological polar surface area (TPSA) is 42.1 Å². The number of hydrogen-bond donors (Lipinski definition) is 1. The average molecular weight is 243 g/mol. The lowest BCUT2D eigenvalue weighted by Gasteiger charge is -2.30. The second kappa shape index (κ2) is 5.25. The van der Waals surface area contributed by atoms with Crippen LogP contribution in [0.3, 0.4) is 0 Å². The molecule has 0 aliphatic rings. The lowest BCUT2D eigenvalue weighted by molar-refractivity contribution is 0.673. The lowest BCUT2D eigenvalue weighted by atomic mass is 10.1. The van der Waals surface area contributed by atoms with Gasteiger partial charge in [-0.15, -0.1) is 0 Å². The molecule has 3 heteroatoms. The van der Waals surface area contributed by atoms with Gasteiger partial charge < -0.3 is 10.6 Å². The van der Waals surface area contributed by atoms with Crippen LogP contribution in [0, 0.1) is 0 Å². The highest BCUT2D eigenvalue weighted by atomic mass is 15.1. The fourth-order valence-corrected chi connectivity index (χ4v) is 2.34. The number of rotatable bonds is 4. The quantitative estimate of drug-likeness (QED) is 0.836. The summed E-state index contributed by atoms with van der Waals surface area (Å²) in [6, 6.07) is 6.62. The van der Waals surface area contributed by atoms with E-state index in [1.54, 1.807) is 0 Å². The molecule has 1 aromatic carbocycles. The smallest absolute Gasteiger partial charge is 0.0450 e. The number of nitrogens with zero attached hydrogens (tertiary/aromatic N) is 2. The molecule has 2 N–H and O–H groups in total. The van der Waals surface area contributed by atoms with Crippen molar-refractivity contribution >= 4 is 22.1 Å². The van der Waals surface area contributed by atoms with E-state index in [1.165, 1.54) is 11.1 Å². The van der Waals surface area contributed by atoms with Gasteiger partial charge in [-0.3, -0.25) is 4.98 Å². The Morgan fingerprint density at radius 3 is 2.67 bits per heavy atom. The molecule has 0 aliphatic heterocycles. The molecule has 0 bridgehead atoms. The summed E-state index contributed by atoms with van der Waals surface area (Å²) in [7, 11) is 0. The van der Waals surface area contributed by atoms with Crippen LogP contribution in [0.4, 0.5) is 11.4 Å². The van der Waals surface area contributed by atoms with Crippen LogP contribution in [-0.4, -0.2) is 17.6 Å². The summed E-state index contributed by atoms with van der Waals surface area (Å²) in [6.07, 6.45) is 4.81. The number of hydrogen-bond acceptors (Lipinski definition) is 3. The zero-order valence-corrected chi connectivity index (χ0v) is 11.4. The summed E-state index contributed by atoms with van der Waals surface area (Å²) >= 11 is 0. The standard InChI is InChI=1S/C15H21N3/c1-4-9-18(11(2)3)15-6-5-14(16)13-10-17-8-7-12(13)15/h5-8,10-11H,4,9,16H2,1-3H3. The second-order valence-corrected chi connectivity index (χ2v) is 4.88. The molecular formula is C15H21N3. The van der Waals surface area contributed by atoms with E-state index in [1.807, 2.05) is 24.5 Å². The van der Waals surface area contributed by atoms with E-state index in [4.69, 9.17) is 5.73 Å². The zero-order valence-electron chi connectivity index (χ0n) is 11.4. The van der Waals surface area contributed by atoms with Gasteiger partial charge in [0.15, 0.2) is 0 Å². The van der Waals surface area contributed by atoms with Crippen molar-refractivity contribution in [3.63, 3.8) is 0 Å². The van der Waals surface area contributed by atoms with Crippen LogP contribution in [0.1, 0.15) is 27.2 Å². The molecule has 96 valence electrons. The van der Waals surface area contributed by atoms with Crippen molar-refractivity contribution in [2.24, 2.45) is 0 Å². The third kappa shape index (κ3) is 2.26. The molecule has 2 aromatic rings. The van der Waals surface area contributed by atoms with E-state index in [9.17, 15) is 0 Å². The third-order valence-electron chi connectivity index (χ3n) is 3.23. The molecule has 0 spiro atoms. The van der Waals surface area contributed by atoms with E-state index >= 15 is 0 Å². The highest BCUT2D eigenvalue weighted by Crippen LogP contribution is 2.31. The zero-order chi connectivity index (χ0) is 13.1. The van der Waals surface area contributed by atoms with Crippen LogP contribution >= 0.6 is 0 Å². The monoisotopic (exact) mass is 243 g/mol. The Balaban J connectivity index is 2.59. The van der Waals surface area contributed by atoms with E-state index in [2.05, 4.69) is 36.7 Å². The minimum atomic E-state index is 0.477. The fraction of sp³-hybridized carbons (Fsp3) is 0.400. The molecule has 0 radical (unpaired) electrons. The number of pyridine rings is 1. The summed E-state index contributed by atoms with van der Waals surface area (Å²) in [5, 5.41) is 2.23. The molecule has 0 saturated carbocycles. The number of benzene rings is 1. The molecule has 0 aliphatic carbocycles. The lowest BCUT2D eigenvalue weighted by Crippen LogP contribution is -2.31. The summed E-state index contributed by atoms with van der Waals surface area (Å²) < 4.78 is 0. The molecule has 0 atom stereocenters.